The lowest BCUT2D eigenvalue weighted by Crippen LogP contribution is -2.29. The van der Waals surface area contributed by atoms with Crippen molar-refractivity contribution in [1.82, 2.24) is 9.88 Å². The molecule has 6 nitrogen and oxygen atoms in total. The smallest absolute Gasteiger partial charge is 0.295 e. The van der Waals surface area contributed by atoms with Gasteiger partial charge < -0.3 is 14.7 Å². The van der Waals surface area contributed by atoms with Gasteiger partial charge in [0.2, 0.25) is 0 Å². The van der Waals surface area contributed by atoms with E-state index in [4.69, 9.17) is 4.74 Å². The maximum atomic E-state index is 13.2. The lowest BCUT2D eigenvalue weighted by atomic mass is 9.94. The van der Waals surface area contributed by atoms with Crippen molar-refractivity contribution in [3.63, 3.8) is 0 Å². The van der Waals surface area contributed by atoms with E-state index < -0.39 is 17.7 Å². The summed E-state index contributed by atoms with van der Waals surface area (Å²) in [5.74, 6) is -0.949. The van der Waals surface area contributed by atoms with Crippen LogP contribution in [0.4, 0.5) is 0 Å². The number of benzene rings is 3. The second-order valence-electron chi connectivity index (χ2n) is 9.00. The van der Waals surface area contributed by atoms with Gasteiger partial charge in [0.05, 0.1) is 11.6 Å². The Kier molecular flexibility index (Phi) is 6.81. The van der Waals surface area contributed by atoms with Gasteiger partial charge in [-0.15, -0.1) is 0 Å². The molecule has 0 spiro atoms. The van der Waals surface area contributed by atoms with Gasteiger partial charge in [0.25, 0.3) is 11.7 Å². The number of aliphatic hydroxyl groups excluding tert-OH is 1. The van der Waals surface area contributed by atoms with Gasteiger partial charge >= 0.3 is 0 Å². The third kappa shape index (κ3) is 5.14. The monoisotopic (exact) mass is 490 g/mol. The Bertz CT molecular complexity index is 1430. The van der Waals surface area contributed by atoms with E-state index in [1.54, 1.807) is 42.7 Å². The number of Topliss-reactive ketones (excluding diaryl/α,β-unsaturated/α-hetero) is 1. The average molecular weight is 491 g/mol. The van der Waals surface area contributed by atoms with Crippen molar-refractivity contribution in [2.75, 3.05) is 0 Å². The second kappa shape index (κ2) is 10.5. The van der Waals surface area contributed by atoms with Gasteiger partial charge in [-0.3, -0.25) is 14.6 Å². The first-order chi connectivity index (χ1) is 18.0. The zero-order valence-corrected chi connectivity index (χ0v) is 20.4. The van der Waals surface area contributed by atoms with Crippen LogP contribution in [0.2, 0.25) is 0 Å². The molecule has 0 aliphatic carbocycles. The van der Waals surface area contributed by atoms with Crippen LogP contribution >= 0.6 is 0 Å². The summed E-state index contributed by atoms with van der Waals surface area (Å²) in [4.78, 5) is 32.0. The summed E-state index contributed by atoms with van der Waals surface area (Å²) in [7, 11) is 0. The number of aliphatic hydroxyl groups is 1. The summed E-state index contributed by atoms with van der Waals surface area (Å²) in [6.07, 6.45) is 3.32. The average Bonchev–Trinajstić information content (AvgIpc) is 3.18. The number of aryl methyl sites for hydroxylation is 1. The van der Waals surface area contributed by atoms with E-state index in [1.807, 2.05) is 67.6 Å². The fourth-order valence-corrected chi connectivity index (χ4v) is 4.43. The number of likely N-dealkylation sites (tertiary alicyclic amines) is 1. The number of amides is 1. The first-order valence-electron chi connectivity index (χ1n) is 12.0. The third-order valence-electron chi connectivity index (χ3n) is 6.38. The molecule has 1 amide bonds. The van der Waals surface area contributed by atoms with Gasteiger partial charge in [0.1, 0.15) is 18.1 Å². The van der Waals surface area contributed by atoms with Gasteiger partial charge in [-0.1, -0.05) is 66.2 Å². The predicted molar refractivity (Wildman–Crippen MR) is 140 cm³/mol. The first kappa shape index (κ1) is 24.0. The third-order valence-corrected chi connectivity index (χ3v) is 6.38. The molecule has 0 radical (unpaired) electrons. The molecule has 1 aromatic heterocycles. The normalized spacial score (nSPS) is 16.7. The van der Waals surface area contributed by atoms with Crippen molar-refractivity contribution in [2.45, 2.75) is 26.1 Å². The summed E-state index contributed by atoms with van der Waals surface area (Å²) in [6, 6.07) is 27.2. The van der Waals surface area contributed by atoms with Gasteiger partial charge in [0, 0.05) is 24.5 Å². The van der Waals surface area contributed by atoms with E-state index in [0.29, 0.717) is 17.9 Å². The van der Waals surface area contributed by atoms with Crippen LogP contribution in [-0.4, -0.2) is 26.7 Å². The standard InChI is InChI=1S/C31H26N2O4/c1-21-9-11-24(12-10-21)28-27(30(35)31(36)33(28)19-23-8-5-17-32-18-23)29(34)25-13-15-26(16-14-25)37-20-22-6-3-2-4-7-22/h2-18,28,34H,19-20H2,1H3/b29-27+. The molecule has 0 bridgehead atoms. The Hall–Kier alpha value is -4.71. The second-order valence-corrected chi connectivity index (χ2v) is 9.00. The quantitative estimate of drug-likeness (QED) is 0.208. The van der Waals surface area contributed by atoms with Crippen LogP contribution in [0.15, 0.2) is 109 Å². The number of pyridine rings is 1. The predicted octanol–water partition coefficient (Wildman–Crippen LogP) is 5.59. The van der Waals surface area contributed by atoms with Crippen LogP contribution < -0.4 is 4.74 Å². The summed E-state index contributed by atoms with van der Waals surface area (Å²) < 4.78 is 5.84. The van der Waals surface area contributed by atoms with Gasteiger partial charge in [-0.25, -0.2) is 0 Å². The maximum Gasteiger partial charge on any atom is 0.295 e. The van der Waals surface area contributed by atoms with E-state index >= 15 is 0 Å². The number of carbonyl (C=O) groups is 2. The maximum absolute atomic E-state index is 13.2. The van der Waals surface area contributed by atoms with E-state index in [2.05, 4.69) is 4.98 Å². The fraction of sp³-hybridized carbons (Fsp3) is 0.129. The molecule has 3 aromatic carbocycles. The minimum atomic E-state index is -0.727. The molecule has 1 aliphatic heterocycles. The molecule has 184 valence electrons. The summed E-state index contributed by atoms with van der Waals surface area (Å²) in [5.41, 5.74) is 4.14. The van der Waals surface area contributed by atoms with Crippen LogP contribution in [0, 0.1) is 6.92 Å². The van der Waals surface area contributed by atoms with Gasteiger partial charge in [-0.05, 0) is 53.9 Å². The molecular weight excluding hydrogens is 464 g/mol. The lowest BCUT2D eigenvalue weighted by molar-refractivity contribution is -0.140. The molecule has 6 heteroatoms. The Labute approximate surface area is 215 Å². The van der Waals surface area contributed by atoms with E-state index in [0.717, 1.165) is 22.3 Å². The van der Waals surface area contributed by atoms with E-state index in [1.165, 1.54) is 4.90 Å². The Morgan fingerprint density at radius 2 is 1.59 bits per heavy atom. The van der Waals surface area contributed by atoms with Crippen molar-refractivity contribution < 1.29 is 19.4 Å². The van der Waals surface area contributed by atoms with E-state index in [-0.39, 0.29) is 17.9 Å². The SMILES string of the molecule is Cc1ccc(C2/C(=C(\O)c3ccc(OCc4ccccc4)cc3)C(=O)C(=O)N2Cc2cccnc2)cc1. The Balaban J connectivity index is 1.48. The molecule has 2 heterocycles. The van der Waals surface area contributed by atoms with E-state index in [9.17, 15) is 14.7 Å². The summed E-state index contributed by atoms with van der Waals surface area (Å²) >= 11 is 0. The Morgan fingerprint density at radius 1 is 0.892 bits per heavy atom. The first-order valence-corrected chi connectivity index (χ1v) is 12.0. The number of ether oxygens (including phenoxy) is 1. The minimum absolute atomic E-state index is 0.0655. The highest BCUT2D eigenvalue weighted by atomic mass is 16.5. The number of ketones is 1. The molecule has 4 aromatic rings. The van der Waals surface area contributed by atoms with Crippen LogP contribution in [0.3, 0.4) is 0 Å². The largest absolute Gasteiger partial charge is 0.507 e. The van der Waals surface area contributed by atoms with Crippen molar-refractivity contribution in [2.24, 2.45) is 0 Å². The van der Waals surface area contributed by atoms with Crippen LogP contribution in [0.5, 0.6) is 5.75 Å². The van der Waals surface area contributed by atoms with Crippen molar-refractivity contribution in [3.8, 4) is 5.75 Å². The van der Waals surface area contributed by atoms with Crippen molar-refractivity contribution in [1.29, 1.82) is 0 Å². The molecule has 1 fully saturated rings. The highest BCUT2D eigenvalue weighted by Gasteiger charge is 2.46. The van der Waals surface area contributed by atoms with Crippen molar-refractivity contribution >= 4 is 17.4 Å². The molecule has 37 heavy (non-hydrogen) atoms. The topological polar surface area (TPSA) is 79.7 Å². The van der Waals surface area contributed by atoms with Crippen LogP contribution in [0.1, 0.15) is 33.9 Å². The highest BCUT2D eigenvalue weighted by Crippen LogP contribution is 2.40. The van der Waals surface area contributed by atoms with Gasteiger partial charge in [-0.2, -0.15) is 0 Å². The van der Waals surface area contributed by atoms with Crippen LogP contribution in [0.25, 0.3) is 5.76 Å². The number of carbonyl (C=O) groups excluding carboxylic acids is 2. The fourth-order valence-electron chi connectivity index (χ4n) is 4.43. The van der Waals surface area contributed by atoms with Gasteiger partial charge in [0.15, 0.2) is 0 Å². The molecule has 1 atom stereocenters. The number of rotatable bonds is 7. The molecule has 1 saturated heterocycles. The summed E-state index contributed by atoms with van der Waals surface area (Å²) in [6.45, 7) is 2.58. The zero-order valence-electron chi connectivity index (χ0n) is 20.4. The molecule has 0 saturated carbocycles. The lowest BCUT2D eigenvalue weighted by Gasteiger charge is -2.25. The minimum Gasteiger partial charge on any atom is -0.507 e. The van der Waals surface area contributed by atoms with Crippen molar-refractivity contribution in [3.05, 3.63) is 137 Å². The molecule has 5 rings (SSSR count). The summed E-state index contributed by atoms with van der Waals surface area (Å²) in [5, 5.41) is 11.3. The molecule has 1 aliphatic rings. The highest BCUT2D eigenvalue weighted by molar-refractivity contribution is 6.46. The number of hydrogen-bond donors (Lipinski definition) is 1. The zero-order chi connectivity index (χ0) is 25.8. The number of nitrogens with zero attached hydrogens (tertiary/aromatic N) is 2. The number of hydrogen-bond acceptors (Lipinski definition) is 5. The number of aromatic nitrogens is 1. The Morgan fingerprint density at radius 3 is 2.27 bits per heavy atom. The molecular formula is C31H26N2O4. The molecule has 1 unspecified atom stereocenters. The molecule has 1 N–H and O–H groups in total. The van der Waals surface area contributed by atoms with Crippen LogP contribution in [-0.2, 0) is 22.7 Å².